The standard InChI is InChI=1S/C23H17Cl2IO3/c1-28-22-12-15(7-10-21(27)16-5-3-2-4-6-16)11-20(26)23(22)29-14-17-8-9-18(24)13-19(17)25/h2-13H,14H2,1H3/b10-7+. The van der Waals surface area contributed by atoms with Crippen molar-refractivity contribution in [3.05, 3.63) is 97.0 Å². The maximum atomic E-state index is 12.3. The number of benzene rings is 3. The van der Waals surface area contributed by atoms with Crippen LogP contribution in [-0.4, -0.2) is 12.9 Å². The molecule has 0 bridgehead atoms. The van der Waals surface area contributed by atoms with E-state index in [9.17, 15) is 4.79 Å². The van der Waals surface area contributed by atoms with Crippen LogP contribution in [-0.2, 0) is 6.61 Å². The second-order valence-corrected chi connectivity index (χ2v) is 8.13. The summed E-state index contributed by atoms with van der Waals surface area (Å²) < 4.78 is 12.3. The molecular formula is C23H17Cl2IO3. The Balaban J connectivity index is 1.78. The van der Waals surface area contributed by atoms with Crippen molar-refractivity contribution in [2.75, 3.05) is 7.11 Å². The summed E-state index contributed by atoms with van der Waals surface area (Å²) in [5.41, 5.74) is 2.31. The van der Waals surface area contributed by atoms with Crippen molar-refractivity contribution in [2.45, 2.75) is 6.61 Å². The number of rotatable bonds is 7. The van der Waals surface area contributed by atoms with Crippen LogP contribution in [0.15, 0.2) is 66.7 Å². The predicted molar refractivity (Wildman–Crippen MR) is 126 cm³/mol. The second kappa shape index (κ2) is 10.1. The third kappa shape index (κ3) is 5.75. The SMILES string of the molecule is COc1cc(/C=C/C(=O)c2ccccc2)cc(I)c1OCc1ccc(Cl)cc1Cl. The third-order valence-corrected chi connectivity index (χ3v) is 5.51. The van der Waals surface area contributed by atoms with Crippen LogP contribution < -0.4 is 9.47 Å². The number of hydrogen-bond acceptors (Lipinski definition) is 3. The van der Waals surface area contributed by atoms with E-state index in [2.05, 4.69) is 22.6 Å². The van der Waals surface area contributed by atoms with Gasteiger partial charge < -0.3 is 9.47 Å². The highest BCUT2D eigenvalue weighted by molar-refractivity contribution is 14.1. The maximum absolute atomic E-state index is 12.3. The Morgan fingerprint density at radius 3 is 2.52 bits per heavy atom. The number of hydrogen-bond donors (Lipinski definition) is 0. The van der Waals surface area contributed by atoms with E-state index in [4.69, 9.17) is 32.7 Å². The lowest BCUT2D eigenvalue weighted by molar-refractivity contribution is 0.104. The van der Waals surface area contributed by atoms with E-state index in [-0.39, 0.29) is 12.4 Å². The van der Waals surface area contributed by atoms with Gasteiger partial charge in [-0.1, -0.05) is 65.7 Å². The van der Waals surface area contributed by atoms with Gasteiger partial charge in [0.1, 0.15) is 6.61 Å². The number of carbonyl (C=O) groups excluding carboxylic acids is 1. The number of halogens is 3. The first-order chi connectivity index (χ1) is 14.0. The molecule has 0 fully saturated rings. The van der Waals surface area contributed by atoms with Crippen LogP contribution in [0.4, 0.5) is 0 Å². The quantitative estimate of drug-likeness (QED) is 0.183. The molecule has 3 rings (SSSR count). The highest BCUT2D eigenvalue weighted by Gasteiger charge is 2.12. The van der Waals surface area contributed by atoms with E-state index in [0.29, 0.717) is 27.1 Å². The van der Waals surface area contributed by atoms with Gasteiger partial charge in [-0.25, -0.2) is 0 Å². The number of ether oxygens (including phenoxy) is 2. The molecule has 3 aromatic rings. The van der Waals surface area contributed by atoms with Crippen LogP contribution in [0.25, 0.3) is 6.08 Å². The minimum absolute atomic E-state index is 0.0581. The molecule has 3 aromatic carbocycles. The van der Waals surface area contributed by atoms with Gasteiger partial charge in [0.05, 0.1) is 10.7 Å². The van der Waals surface area contributed by atoms with Crippen molar-refractivity contribution in [2.24, 2.45) is 0 Å². The van der Waals surface area contributed by atoms with Gasteiger partial charge in [-0.05, 0) is 58.5 Å². The van der Waals surface area contributed by atoms with E-state index in [1.165, 1.54) is 0 Å². The van der Waals surface area contributed by atoms with E-state index >= 15 is 0 Å². The van der Waals surface area contributed by atoms with Crippen LogP contribution in [0.1, 0.15) is 21.5 Å². The van der Waals surface area contributed by atoms with E-state index in [0.717, 1.165) is 14.7 Å². The smallest absolute Gasteiger partial charge is 0.185 e. The molecule has 0 unspecified atom stereocenters. The van der Waals surface area contributed by atoms with Gasteiger partial charge in [-0.2, -0.15) is 0 Å². The van der Waals surface area contributed by atoms with Crippen molar-refractivity contribution >= 4 is 57.7 Å². The summed E-state index contributed by atoms with van der Waals surface area (Å²) in [6.07, 6.45) is 3.31. The lowest BCUT2D eigenvalue weighted by Gasteiger charge is -2.14. The Hall–Kier alpha value is -2.02. The summed E-state index contributed by atoms with van der Waals surface area (Å²) in [7, 11) is 1.58. The molecule has 3 nitrogen and oxygen atoms in total. The molecule has 0 radical (unpaired) electrons. The maximum Gasteiger partial charge on any atom is 0.185 e. The zero-order valence-electron chi connectivity index (χ0n) is 15.5. The Bertz CT molecular complexity index is 1050. The molecule has 29 heavy (non-hydrogen) atoms. The minimum atomic E-state index is -0.0581. The van der Waals surface area contributed by atoms with Gasteiger partial charge in [-0.15, -0.1) is 0 Å². The Morgan fingerprint density at radius 2 is 1.83 bits per heavy atom. The first kappa shape index (κ1) is 21.7. The fraction of sp³-hybridized carbons (Fsp3) is 0.0870. The van der Waals surface area contributed by atoms with Gasteiger partial charge >= 0.3 is 0 Å². The Labute approximate surface area is 193 Å². The monoisotopic (exact) mass is 538 g/mol. The first-order valence-corrected chi connectivity index (χ1v) is 10.5. The molecule has 0 saturated heterocycles. The fourth-order valence-electron chi connectivity index (χ4n) is 2.64. The van der Waals surface area contributed by atoms with Crippen LogP contribution in [0.3, 0.4) is 0 Å². The van der Waals surface area contributed by atoms with Crippen LogP contribution in [0, 0.1) is 3.57 Å². The largest absolute Gasteiger partial charge is 0.493 e. The number of allylic oxidation sites excluding steroid dienone is 1. The molecule has 0 spiro atoms. The van der Waals surface area contributed by atoms with Crippen LogP contribution >= 0.6 is 45.8 Å². The first-order valence-electron chi connectivity index (χ1n) is 8.69. The second-order valence-electron chi connectivity index (χ2n) is 6.12. The zero-order chi connectivity index (χ0) is 20.8. The molecule has 0 amide bonds. The van der Waals surface area contributed by atoms with E-state index in [1.807, 2.05) is 36.4 Å². The molecule has 0 saturated carbocycles. The molecule has 6 heteroatoms. The number of carbonyl (C=O) groups is 1. The van der Waals surface area contributed by atoms with Gasteiger partial charge in [0.25, 0.3) is 0 Å². The third-order valence-electron chi connectivity index (χ3n) is 4.12. The molecular weight excluding hydrogens is 522 g/mol. The summed E-state index contributed by atoms with van der Waals surface area (Å²) >= 11 is 14.3. The van der Waals surface area contributed by atoms with Crippen molar-refractivity contribution in [1.82, 2.24) is 0 Å². The summed E-state index contributed by atoms with van der Waals surface area (Å²) in [5, 5.41) is 1.12. The lowest BCUT2D eigenvalue weighted by atomic mass is 10.1. The van der Waals surface area contributed by atoms with Gasteiger partial charge in [0.15, 0.2) is 17.3 Å². The minimum Gasteiger partial charge on any atom is -0.493 e. The van der Waals surface area contributed by atoms with Crippen molar-refractivity contribution in [1.29, 1.82) is 0 Å². The lowest BCUT2D eigenvalue weighted by Crippen LogP contribution is -2.01. The topological polar surface area (TPSA) is 35.5 Å². The number of ketones is 1. The molecule has 0 heterocycles. The average Bonchev–Trinajstić information content (AvgIpc) is 2.72. The van der Waals surface area contributed by atoms with Gasteiger partial charge in [-0.3, -0.25) is 4.79 Å². The zero-order valence-corrected chi connectivity index (χ0v) is 19.2. The highest BCUT2D eigenvalue weighted by atomic mass is 127. The summed E-state index contributed by atoms with van der Waals surface area (Å²) in [6, 6.07) is 18.2. The van der Waals surface area contributed by atoms with Crippen LogP contribution in [0.2, 0.25) is 10.0 Å². The highest BCUT2D eigenvalue weighted by Crippen LogP contribution is 2.35. The van der Waals surface area contributed by atoms with Crippen molar-refractivity contribution < 1.29 is 14.3 Å². The van der Waals surface area contributed by atoms with E-state index < -0.39 is 0 Å². The molecule has 0 N–H and O–H groups in total. The molecule has 0 aromatic heterocycles. The molecule has 0 aliphatic carbocycles. The average molecular weight is 539 g/mol. The van der Waals surface area contributed by atoms with Crippen molar-refractivity contribution in [3.8, 4) is 11.5 Å². The van der Waals surface area contributed by atoms with Crippen LogP contribution in [0.5, 0.6) is 11.5 Å². The summed E-state index contributed by atoms with van der Waals surface area (Å²) in [6.45, 7) is 0.282. The van der Waals surface area contributed by atoms with Gasteiger partial charge in [0.2, 0.25) is 0 Å². The molecule has 0 aliphatic rings. The van der Waals surface area contributed by atoms with Crippen molar-refractivity contribution in [3.63, 3.8) is 0 Å². The molecule has 0 atom stereocenters. The normalized spacial score (nSPS) is 10.9. The Kier molecular flexibility index (Phi) is 7.58. The summed E-state index contributed by atoms with van der Waals surface area (Å²) in [4.78, 5) is 12.3. The molecule has 0 aliphatic heterocycles. The number of methoxy groups -OCH3 is 1. The summed E-state index contributed by atoms with van der Waals surface area (Å²) in [5.74, 6) is 1.14. The Morgan fingerprint density at radius 1 is 1.07 bits per heavy atom. The predicted octanol–water partition coefficient (Wildman–Crippen LogP) is 7.08. The van der Waals surface area contributed by atoms with Gasteiger partial charge in [0, 0.05) is 21.2 Å². The fourth-order valence-corrected chi connectivity index (χ4v) is 3.88. The molecule has 148 valence electrons. The van der Waals surface area contributed by atoms with E-state index in [1.54, 1.807) is 43.5 Å².